The molecule has 0 aliphatic heterocycles. The summed E-state index contributed by atoms with van der Waals surface area (Å²) in [6, 6.07) is 0. The van der Waals surface area contributed by atoms with E-state index < -0.39 is 63.1 Å². The fraction of sp³-hybridized carbons (Fsp3) is 0.881. The van der Waals surface area contributed by atoms with Crippen LogP contribution in [0.2, 0.25) is 0 Å². The highest BCUT2D eigenvalue weighted by Crippen LogP contribution is 2.47. The summed E-state index contributed by atoms with van der Waals surface area (Å²) >= 11 is 0. The van der Waals surface area contributed by atoms with Gasteiger partial charge in [-0.2, -0.15) is 0 Å². The first-order chi connectivity index (χ1) is 26.5. The van der Waals surface area contributed by atoms with E-state index in [2.05, 4.69) is 38.2 Å². The Morgan fingerprint density at radius 2 is 0.982 bits per heavy atom. The van der Waals surface area contributed by atoms with Gasteiger partial charge in [0, 0.05) is 13.0 Å². The van der Waals surface area contributed by atoms with Crippen LogP contribution in [0, 0.1) is 0 Å². The van der Waals surface area contributed by atoms with Crippen LogP contribution in [0.5, 0.6) is 0 Å². The second kappa shape index (κ2) is 33.8. The minimum Gasteiger partial charge on any atom is -0.457 e. The molecule has 1 aliphatic carbocycles. The fourth-order valence-electron chi connectivity index (χ4n) is 6.51. The van der Waals surface area contributed by atoms with Gasteiger partial charge in [-0.25, -0.2) is 4.57 Å². The van der Waals surface area contributed by atoms with E-state index in [1.54, 1.807) is 0 Å². The number of carbonyl (C=O) groups excluding carboxylic acids is 1. The van der Waals surface area contributed by atoms with Crippen LogP contribution in [0.3, 0.4) is 0 Å². The molecular weight excluding hydrogens is 727 g/mol. The summed E-state index contributed by atoms with van der Waals surface area (Å²) in [5.74, 6) is -0.488. The number of hydrogen-bond donors (Lipinski definition) is 6. The largest absolute Gasteiger partial charge is 0.472 e. The number of hydrogen-bond acceptors (Lipinski definition) is 11. The molecule has 13 heteroatoms. The Balaban J connectivity index is 2.43. The predicted octanol–water partition coefficient (Wildman–Crippen LogP) is 8.14. The molecule has 6 N–H and O–H groups in total. The number of allylic oxidation sites excluding steroid dienone is 4. The molecule has 1 fully saturated rings. The van der Waals surface area contributed by atoms with Crippen LogP contribution in [0.4, 0.5) is 0 Å². The van der Waals surface area contributed by atoms with Crippen LogP contribution >= 0.6 is 7.82 Å². The molecule has 1 aliphatic rings. The van der Waals surface area contributed by atoms with Crippen LogP contribution in [0.1, 0.15) is 174 Å². The highest BCUT2D eigenvalue weighted by Gasteiger charge is 2.51. The van der Waals surface area contributed by atoms with Crippen LogP contribution in [-0.2, 0) is 27.9 Å². The van der Waals surface area contributed by atoms with E-state index in [1.807, 2.05) is 0 Å². The average molecular weight is 807 g/mol. The molecule has 0 amide bonds. The Morgan fingerprint density at radius 1 is 0.564 bits per heavy atom. The quantitative estimate of drug-likeness (QED) is 0.0154. The standard InChI is InChI=1S/C42H79O12P/c1-3-5-7-9-11-13-15-17-18-19-20-21-23-25-27-29-31-36(43)53-35(33-51-32-30-28-26-24-22-16-14-12-10-8-6-4-2)34-52-55(49,50)54-42-40(47)38(45)37(44)39(46)41(42)48/h10,12,18-19,35,37-42,44-48H,3-9,11,13-17,20-34H2,1-2H3,(H,49,50)/b12-10-,19-18-. The topological polar surface area (TPSA) is 192 Å². The zero-order valence-corrected chi connectivity index (χ0v) is 35.1. The van der Waals surface area contributed by atoms with Gasteiger partial charge in [-0.3, -0.25) is 13.8 Å². The van der Waals surface area contributed by atoms with Gasteiger partial charge in [0.2, 0.25) is 0 Å². The Bertz CT molecular complexity index is 1010. The summed E-state index contributed by atoms with van der Waals surface area (Å²) in [4.78, 5) is 23.1. The van der Waals surface area contributed by atoms with Crippen LogP contribution in [0.15, 0.2) is 24.3 Å². The van der Waals surface area contributed by atoms with E-state index in [1.165, 1.54) is 70.6 Å². The second-order valence-electron chi connectivity index (χ2n) is 15.2. The lowest BCUT2D eigenvalue weighted by Gasteiger charge is -2.41. The Kier molecular flexibility index (Phi) is 31.8. The maximum Gasteiger partial charge on any atom is 0.472 e. The Hall–Kier alpha value is -1.18. The maximum absolute atomic E-state index is 12.8. The van der Waals surface area contributed by atoms with Crippen molar-refractivity contribution in [3.63, 3.8) is 0 Å². The summed E-state index contributed by atoms with van der Waals surface area (Å²) in [5, 5.41) is 50.1. The summed E-state index contributed by atoms with van der Waals surface area (Å²) in [7, 11) is -5.01. The van der Waals surface area contributed by atoms with E-state index >= 15 is 0 Å². The molecule has 0 heterocycles. The van der Waals surface area contributed by atoms with Gasteiger partial charge in [0.15, 0.2) is 0 Å². The number of phosphoric acid groups is 1. The number of phosphoric ester groups is 1. The monoisotopic (exact) mass is 807 g/mol. The first-order valence-electron chi connectivity index (χ1n) is 21.7. The van der Waals surface area contributed by atoms with Crippen molar-refractivity contribution in [2.24, 2.45) is 0 Å². The predicted molar refractivity (Wildman–Crippen MR) is 216 cm³/mol. The van der Waals surface area contributed by atoms with Crippen LogP contribution < -0.4 is 0 Å². The molecule has 55 heavy (non-hydrogen) atoms. The number of carbonyl (C=O) groups is 1. The SMILES string of the molecule is CCCC/C=C\CCCCCCCCOCC(COP(=O)(O)OC1C(O)C(O)C(O)C(O)C1O)OC(=O)CCCCCCC/C=C\CCCCCCCCC. The van der Waals surface area contributed by atoms with E-state index in [0.29, 0.717) is 13.0 Å². The van der Waals surface area contributed by atoms with E-state index in [-0.39, 0.29) is 13.0 Å². The molecule has 0 spiro atoms. The van der Waals surface area contributed by atoms with Crippen molar-refractivity contribution in [2.45, 2.75) is 217 Å². The molecular formula is C42H79O12P. The van der Waals surface area contributed by atoms with Gasteiger partial charge in [0.25, 0.3) is 0 Å². The molecule has 0 aromatic carbocycles. The number of unbranched alkanes of at least 4 members (excludes halogenated alkanes) is 20. The van der Waals surface area contributed by atoms with Crippen LogP contribution in [0.25, 0.3) is 0 Å². The molecule has 0 aromatic heterocycles. The van der Waals surface area contributed by atoms with Crippen molar-refractivity contribution in [3.8, 4) is 0 Å². The van der Waals surface area contributed by atoms with Gasteiger partial charge in [-0.1, -0.05) is 134 Å². The van der Waals surface area contributed by atoms with Gasteiger partial charge in [-0.05, 0) is 57.8 Å². The summed E-state index contributed by atoms with van der Waals surface area (Å²) < 4.78 is 34.1. The van der Waals surface area contributed by atoms with Gasteiger partial charge in [0.05, 0.1) is 13.2 Å². The van der Waals surface area contributed by atoms with E-state index in [0.717, 1.165) is 77.0 Å². The molecule has 12 nitrogen and oxygen atoms in total. The van der Waals surface area contributed by atoms with E-state index in [9.17, 15) is 39.8 Å². The Labute approximate surface area is 332 Å². The highest BCUT2D eigenvalue weighted by molar-refractivity contribution is 7.47. The molecule has 6 unspecified atom stereocenters. The summed E-state index contributed by atoms with van der Waals surface area (Å²) in [6.07, 6.45) is 23.9. The number of rotatable bonds is 36. The van der Waals surface area contributed by atoms with Gasteiger partial charge >= 0.3 is 13.8 Å². The molecule has 6 atom stereocenters. The molecule has 0 saturated heterocycles. The lowest BCUT2D eigenvalue weighted by molar-refractivity contribution is -0.220. The number of esters is 1. The maximum atomic E-state index is 12.8. The average Bonchev–Trinajstić information content (AvgIpc) is 3.17. The first kappa shape index (κ1) is 51.8. The third kappa shape index (κ3) is 26.4. The third-order valence-electron chi connectivity index (χ3n) is 10.0. The van der Waals surface area contributed by atoms with Gasteiger partial charge in [-0.15, -0.1) is 0 Å². The van der Waals surface area contributed by atoms with Crippen molar-refractivity contribution in [2.75, 3.05) is 19.8 Å². The van der Waals surface area contributed by atoms with Crippen molar-refractivity contribution >= 4 is 13.8 Å². The third-order valence-corrected chi connectivity index (χ3v) is 11.0. The fourth-order valence-corrected chi connectivity index (χ4v) is 7.48. The van der Waals surface area contributed by atoms with Crippen molar-refractivity contribution < 1.29 is 58.3 Å². The molecule has 0 radical (unpaired) electrons. The molecule has 1 rings (SSSR count). The smallest absolute Gasteiger partial charge is 0.457 e. The van der Waals surface area contributed by atoms with Crippen molar-refractivity contribution in [1.82, 2.24) is 0 Å². The highest BCUT2D eigenvalue weighted by atomic mass is 31.2. The lowest BCUT2D eigenvalue weighted by Crippen LogP contribution is -2.64. The minimum absolute atomic E-state index is 0.0825. The van der Waals surface area contributed by atoms with Crippen LogP contribution in [-0.4, -0.2) is 98.9 Å². The van der Waals surface area contributed by atoms with E-state index in [4.69, 9.17) is 18.5 Å². The Morgan fingerprint density at radius 3 is 1.49 bits per heavy atom. The first-order valence-corrected chi connectivity index (χ1v) is 23.2. The summed E-state index contributed by atoms with van der Waals surface area (Å²) in [6.45, 7) is 4.19. The normalized spacial score (nSPS) is 23.4. The second-order valence-corrected chi connectivity index (χ2v) is 16.6. The zero-order chi connectivity index (χ0) is 40.6. The number of aliphatic hydroxyl groups excluding tert-OH is 5. The number of aliphatic hydroxyl groups is 5. The van der Waals surface area contributed by atoms with Crippen molar-refractivity contribution in [1.29, 1.82) is 0 Å². The minimum atomic E-state index is -5.01. The molecule has 0 aromatic rings. The number of ether oxygens (including phenoxy) is 2. The van der Waals surface area contributed by atoms with Crippen molar-refractivity contribution in [3.05, 3.63) is 24.3 Å². The lowest BCUT2D eigenvalue weighted by atomic mass is 9.85. The van der Waals surface area contributed by atoms with Gasteiger partial charge in [0.1, 0.15) is 42.7 Å². The zero-order valence-electron chi connectivity index (χ0n) is 34.2. The molecule has 0 bridgehead atoms. The molecule has 1 saturated carbocycles. The van der Waals surface area contributed by atoms with Gasteiger partial charge < -0.3 is 39.9 Å². The summed E-state index contributed by atoms with van der Waals surface area (Å²) in [5.41, 5.74) is 0. The molecule has 324 valence electrons.